The monoisotopic (exact) mass is 507 g/mol. The van der Waals surface area contributed by atoms with E-state index < -0.39 is 0 Å². The van der Waals surface area contributed by atoms with Crippen molar-refractivity contribution >= 4 is 37.0 Å². The first-order valence-corrected chi connectivity index (χ1v) is 13.2. The van der Waals surface area contributed by atoms with Gasteiger partial charge in [-0.25, -0.2) is 0 Å². The number of nitrogens with zero attached hydrogens (tertiary/aromatic N) is 2. The second kappa shape index (κ2) is 11.8. The molecule has 3 heteroatoms. The Hall–Kier alpha value is -1.42. The SMILES string of the molecule is CCCCc1nc2[c]([Sn])cc(Cc3ccncc3)cc2c(CCCC)c1CCCC. The predicted octanol–water partition coefficient (Wildman–Crippen LogP) is 6.04. The summed E-state index contributed by atoms with van der Waals surface area (Å²) in [5.74, 6) is 0. The maximum absolute atomic E-state index is 5.29. The molecule has 0 saturated heterocycles. The van der Waals surface area contributed by atoms with Gasteiger partial charge in [-0.3, -0.25) is 0 Å². The first-order chi connectivity index (χ1) is 14.7. The Morgan fingerprint density at radius 2 is 1.40 bits per heavy atom. The Morgan fingerprint density at radius 1 is 0.767 bits per heavy atom. The van der Waals surface area contributed by atoms with Gasteiger partial charge in [0.15, 0.2) is 0 Å². The van der Waals surface area contributed by atoms with Gasteiger partial charge in [-0.1, -0.05) is 0 Å². The second-order valence-corrected chi connectivity index (χ2v) is 9.94. The summed E-state index contributed by atoms with van der Waals surface area (Å²) < 4.78 is 1.40. The molecule has 0 spiro atoms. The molecule has 0 aliphatic heterocycles. The van der Waals surface area contributed by atoms with Crippen LogP contribution in [0.15, 0.2) is 36.7 Å². The molecule has 3 rings (SSSR count). The van der Waals surface area contributed by atoms with Crippen molar-refractivity contribution in [3.8, 4) is 0 Å². The normalized spacial score (nSPS) is 11.3. The zero-order valence-corrected chi connectivity index (χ0v) is 21.8. The van der Waals surface area contributed by atoms with Gasteiger partial charge in [0, 0.05) is 0 Å². The summed E-state index contributed by atoms with van der Waals surface area (Å²) in [4.78, 5) is 9.47. The van der Waals surface area contributed by atoms with Crippen molar-refractivity contribution in [3.05, 3.63) is 64.6 Å². The molecule has 2 aromatic heterocycles. The number of rotatable bonds is 11. The minimum absolute atomic E-state index is 0.967. The Bertz CT molecular complexity index is 950. The number of aromatic nitrogens is 2. The predicted molar refractivity (Wildman–Crippen MR) is 130 cm³/mol. The van der Waals surface area contributed by atoms with Gasteiger partial charge in [-0.05, 0) is 0 Å². The maximum atomic E-state index is 5.29. The fourth-order valence-electron chi connectivity index (χ4n) is 4.26. The van der Waals surface area contributed by atoms with E-state index in [0.29, 0.717) is 0 Å². The van der Waals surface area contributed by atoms with Gasteiger partial charge in [0.05, 0.1) is 0 Å². The summed E-state index contributed by atoms with van der Waals surface area (Å²) in [5.41, 5.74) is 8.55. The molecule has 0 fully saturated rings. The van der Waals surface area contributed by atoms with Crippen LogP contribution in [0.5, 0.6) is 0 Å². The van der Waals surface area contributed by atoms with Crippen LogP contribution in [-0.4, -0.2) is 32.5 Å². The first kappa shape index (κ1) is 23.2. The van der Waals surface area contributed by atoms with Crippen molar-refractivity contribution in [2.75, 3.05) is 0 Å². The summed E-state index contributed by atoms with van der Waals surface area (Å²) in [6.07, 6.45) is 15.7. The summed E-state index contributed by atoms with van der Waals surface area (Å²) >= 11 is 1.46. The van der Waals surface area contributed by atoms with Gasteiger partial charge in [0.1, 0.15) is 0 Å². The van der Waals surface area contributed by atoms with Crippen molar-refractivity contribution < 1.29 is 0 Å². The van der Waals surface area contributed by atoms with Gasteiger partial charge in [0.2, 0.25) is 0 Å². The fourth-order valence-corrected chi connectivity index (χ4v) is 5.33. The standard InChI is InChI=1S/C27H35N2.Sn/c1-4-7-10-23-24(11-8-5-2)26(12-9-6-3)29-27-14-13-22(20-25(23)27)19-21-15-17-28-18-16-21;/h13,15-18,20H,4-12,19H2,1-3H3;. The van der Waals surface area contributed by atoms with E-state index in [9.17, 15) is 0 Å². The van der Waals surface area contributed by atoms with Crippen molar-refractivity contribution in [2.24, 2.45) is 0 Å². The topological polar surface area (TPSA) is 25.8 Å². The van der Waals surface area contributed by atoms with E-state index in [1.165, 1.54) is 105 Å². The van der Waals surface area contributed by atoms with Gasteiger partial charge >= 0.3 is 197 Å². The van der Waals surface area contributed by atoms with Crippen molar-refractivity contribution in [1.82, 2.24) is 9.97 Å². The molecule has 0 amide bonds. The van der Waals surface area contributed by atoms with E-state index in [4.69, 9.17) is 4.98 Å². The van der Waals surface area contributed by atoms with Crippen molar-refractivity contribution in [1.29, 1.82) is 0 Å². The van der Waals surface area contributed by atoms with Crippen LogP contribution in [-0.2, 0) is 25.7 Å². The summed E-state index contributed by atoms with van der Waals surface area (Å²) in [6.45, 7) is 6.88. The second-order valence-electron chi connectivity index (χ2n) is 8.40. The van der Waals surface area contributed by atoms with Gasteiger partial charge in [-0.2, -0.15) is 0 Å². The quantitative estimate of drug-likeness (QED) is 0.297. The molecule has 0 atom stereocenters. The van der Waals surface area contributed by atoms with Crippen LogP contribution >= 0.6 is 0 Å². The number of unbranched alkanes of at least 4 members (excludes halogenated alkanes) is 3. The molecule has 157 valence electrons. The third-order valence-electron chi connectivity index (χ3n) is 5.94. The number of pyridine rings is 2. The molecule has 1 aromatic carbocycles. The molecule has 3 aromatic rings. The van der Waals surface area contributed by atoms with Crippen LogP contribution in [0.1, 0.15) is 87.2 Å². The number of aryl methyl sites for hydroxylation is 2. The zero-order valence-electron chi connectivity index (χ0n) is 18.9. The van der Waals surface area contributed by atoms with E-state index in [-0.39, 0.29) is 0 Å². The van der Waals surface area contributed by atoms with Crippen molar-refractivity contribution in [2.45, 2.75) is 85.0 Å². The van der Waals surface area contributed by atoms with Crippen LogP contribution in [0.25, 0.3) is 10.9 Å². The van der Waals surface area contributed by atoms with Crippen LogP contribution in [0.3, 0.4) is 0 Å². The average molecular weight is 506 g/mol. The van der Waals surface area contributed by atoms with Gasteiger partial charge in [-0.15, -0.1) is 0 Å². The zero-order chi connectivity index (χ0) is 21.3. The number of benzene rings is 1. The van der Waals surface area contributed by atoms with Crippen LogP contribution in [0.2, 0.25) is 0 Å². The molecule has 0 aliphatic carbocycles. The summed E-state index contributed by atoms with van der Waals surface area (Å²) in [6, 6.07) is 9.08. The molecular formula is C27H35N2Sn. The minimum atomic E-state index is 0.967. The average Bonchev–Trinajstić information content (AvgIpc) is 2.76. The molecule has 2 nitrogen and oxygen atoms in total. The molecule has 2 heterocycles. The Balaban J connectivity index is 2.15. The molecular weight excluding hydrogens is 471 g/mol. The number of hydrogen-bond acceptors (Lipinski definition) is 2. The van der Waals surface area contributed by atoms with E-state index in [0.717, 1.165) is 12.8 Å². The van der Waals surface area contributed by atoms with Crippen molar-refractivity contribution in [3.63, 3.8) is 0 Å². The van der Waals surface area contributed by atoms with E-state index in [2.05, 4.69) is 50.0 Å². The van der Waals surface area contributed by atoms with E-state index in [1.54, 1.807) is 11.1 Å². The Labute approximate surface area is 196 Å². The Kier molecular flexibility index (Phi) is 9.17. The molecule has 0 aliphatic rings. The molecule has 30 heavy (non-hydrogen) atoms. The fraction of sp³-hybridized carbons (Fsp3) is 0.481. The molecule has 3 radical (unpaired) electrons. The van der Waals surface area contributed by atoms with Crippen LogP contribution < -0.4 is 3.58 Å². The molecule has 0 bridgehead atoms. The Morgan fingerprint density at radius 3 is 2.07 bits per heavy atom. The van der Waals surface area contributed by atoms with Crippen LogP contribution in [0, 0.1) is 0 Å². The third kappa shape index (κ3) is 5.84. The first-order valence-electron chi connectivity index (χ1n) is 11.8. The third-order valence-corrected chi connectivity index (χ3v) is 7.03. The molecule has 0 saturated carbocycles. The van der Waals surface area contributed by atoms with Gasteiger partial charge < -0.3 is 0 Å². The molecule has 0 N–H and O–H groups in total. The van der Waals surface area contributed by atoms with E-state index in [1.807, 2.05) is 12.4 Å². The molecule has 0 unspecified atom stereocenters. The summed E-state index contributed by atoms with van der Waals surface area (Å²) in [7, 11) is 0. The number of hydrogen-bond donors (Lipinski definition) is 0. The van der Waals surface area contributed by atoms with Crippen LogP contribution in [0.4, 0.5) is 0 Å². The summed E-state index contributed by atoms with van der Waals surface area (Å²) in [5, 5.41) is 1.42. The van der Waals surface area contributed by atoms with Gasteiger partial charge in [0.25, 0.3) is 0 Å². The number of fused-ring (bicyclic) bond motifs is 1. The van der Waals surface area contributed by atoms with E-state index >= 15 is 0 Å².